The van der Waals surface area contributed by atoms with Crippen molar-refractivity contribution >= 4 is 6.71 Å². The van der Waals surface area contributed by atoms with Crippen molar-refractivity contribution in [2.24, 2.45) is 17.1 Å². The van der Waals surface area contributed by atoms with E-state index >= 15 is 0 Å². The van der Waals surface area contributed by atoms with Crippen LogP contribution in [-0.4, -0.2) is 18.6 Å². The normalized spacial score (nSPS) is 23.5. The Hall–Kier alpha value is -1.10. The number of allylic oxidation sites excluding steroid dienone is 3. The summed E-state index contributed by atoms with van der Waals surface area (Å²) < 4.78 is 24.7. The van der Waals surface area contributed by atoms with Crippen LogP contribution in [0.15, 0.2) is 36.0 Å². The van der Waals surface area contributed by atoms with Gasteiger partial charge in [-0.1, -0.05) is 57.1 Å². The van der Waals surface area contributed by atoms with Gasteiger partial charge in [0, 0.05) is 11.0 Å². The van der Waals surface area contributed by atoms with Crippen LogP contribution in [0.4, 0.5) is 8.96 Å². The molecule has 0 spiro atoms. The van der Waals surface area contributed by atoms with Crippen LogP contribution in [0.1, 0.15) is 27.2 Å². The molecule has 5 heteroatoms. The van der Waals surface area contributed by atoms with Crippen molar-refractivity contribution in [3.63, 3.8) is 0 Å². The highest BCUT2D eigenvalue weighted by Gasteiger charge is 2.41. The lowest BCUT2D eigenvalue weighted by Crippen LogP contribution is -2.21. The van der Waals surface area contributed by atoms with Gasteiger partial charge in [-0.2, -0.15) is 0 Å². The number of nitrogens with zero attached hydrogens (tertiary/aromatic N) is 1. The Morgan fingerprint density at radius 3 is 2.55 bits per heavy atom. The molecule has 1 unspecified atom stereocenters. The molecule has 0 aromatic heterocycles. The standard InChI is InChI=1S/C15H25BF2N2/c1-5-6-7-14(19)13(8-9-20(17)18)16-10-12(2)15(3,4)11-16/h5,7-8,12H,1,6,9-11,19H2,2-4H3/b13-8+,14-7+. The first kappa shape index (κ1) is 17.0. The Labute approximate surface area is 121 Å². The van der Waals surface area contributed by atoms with Crippen LogP contribution in [0.3, 0.4) is 0 Å². The minimum absolute atomic E-state index is 0.230. The van der Waals surface area contributed by atoms with Crippen LogP contribution in [0.25, 0.3) is 0 Å². The number of hydrogen-bond donors (Lipinski definition) is 1. The zero-order valence-electron chi connectivity index (χ0n) is 12.7. The van der Waals surface area contributed by atoms with E-state index < -0.39 is 5.34 Å². The maximum Gasteiger partial charge on any atom is 0.179 e. The summed E-state index contributed by atoms with van der Waals surface area (Å²) in [5.74, 6) is 0.565. The van der Waals surface area contributed by atoms with E-state index in [9.17, 15) is 8.96 Å². The average molecular weight is 282 g/mol. The fraction of sp³-hybridized carbons (Fsp3) is 0.600. The molecule has 0 radical (unpaired) electrons. The lowest BCUT2D eigenvalue weighted by molar-refractivity contribution is -0.142. The Morgan fingerprint density at radius 1 is 1.45 bits per heavy atom. The Balaban J connectivity index is 2.94. The van der Waals surface area contributed by atoms with Crippen LogP contribution < -0.4 is 5.73 Å². The van der Waals surface area contributed by atoms with Gasteiger partial charge in [-0.15, -0.1) is 15.5 Å². The van der Waals surface area contributed by atoms with Crippen molar-refractivity contribution in [1.82, 2.24) is 5.34 Å². The maximum absolute atomic E-state index is 12.3. The second-order valence-corrected chi connectivity index (χ2v) is 6.36. The summed E-state index contributed by atoms with van der Waals surface area (Å²) in [5.41, 5.74) is 7.79. The molecule has 0 amide bonds. The first-order chi connectivity index (χ1) is 9.27. The SMILES string of the molecule is C=CC/C=C(N)\C(=C/CN(F)F)B1CC(C)C(C)(C)C1. The summed E-state index contributed by atoms with van der Waals surface area (Å²) in [6, 6.07) is 0. The first-order valence-corrected chi connectivity index (χ1v) is 7.14. The minimum atomic E-state index is -0.815. The highest BCUT2D eigenvalue weighted by Crippen LogP contribution is 2.45. The molecule has 0 aromatic rings. The van der Waals surface area contributed by atoms with Gasteiger partial charge in [0.25, 0.3) is 0 Å². The maximum atomic E-state index is 12.3. The van der Waals surface area contributed by atoms with Crippen LogP contribution in [-0.2, 0) is 0 Å². The molecular weight excluding hydrogens is 257 g/mol. The predicted molar refractivity (Wildman–Crippen MR) is 82.4 cm³/mol. The molecule has 1 rings (SSSR count). The number of rotatable bonds is 6. The van der Waals surface area contributed by atoms with E-state index in [1.165, 1.54) is 0 Å². The van der Waals surface area contributed by atoms with Gasteiger partial charge in [0.05, 0.1) is 6.54 Å². The average Bonchev–Trinajstić information content (AvgIpc) is 2.60. The van der Waals surface area contributed by atoms with Crippen molar-refractivity contribution in [2.75, 3.05) is 6.54 Å². The van der Waals surface area contributed by atoms with Crippen molar-refractivity contribution < 1.29 is 8.96 Å². The number of nitrogens with two attached hydrogens (primary N) is 1. The van der Waals surface area contributed by atoms with Gasteiger partial charge in [0.1, 0.15) is 0 Å². The summed E-state index contributed by atoms with van der Waals surface area (Å²) in [5, 5.41) is -0.815. The fourth-order valence-electron chi connectivity index (χ4n) is 2.92. The Morgan fingerprint density at radius 2 is 2.10 bits per heavy atom. The van der Waals surface area contributed by atoms with Gasteiger partial charge in [0.15, 0.2) is 6.71 Å². The zero-order valence-corrected chi connectivity index (χ0v) is 12.7. The summed E-state index contributed by atoms with van der Waals surface area (Å²) in [7, 11) is 0. The molecule has 1 aliphatic rings. The van der Waals surface area contributed by atoms with Crippen molar-refractivity contribution in [2.45, 2.75) is 39.8 Å². The van der Waals surface area contributed by atoms with E-state index in [1.807, 2.05) is 6.08 Å². The van der Waals surface area contributed by atoms with Crippen LogP contribution in [0.2, 0.25) is 12.6 Å². The summed E-state index contributed by atoms with van der Waals surface area (Å²) in [4.78, 5) is 0. The third-order valence-corrected chi connectivity index (χ3v) is 4.47. The number of hydrogen-bond acceptors (Lipinski definition) is 2. The minimum Gasteiger partial charge on any atom is -0.399 e. The molecule has 2 nitrogen and oxygen atoms in total. The molecule has 112 valence electrons. The van der Waals surface area contributed by atoms with Crippen molar-refractivity contribution in [3.05, 3.63) is 36.0 Å². The molecule has 0 aliphatic carbocycles. The molecule has 1 atom stereocenters. The van der Waals surface area contributed by atoms with Crippen molar-refractivity contribution in [3.8, 4) is 0 Å². The predicted octanol–water partition coefficient (Wildman–Crippen LogP) is 4.11. The molecule has 0 saturated carbocycles. The first-order valence-electron chi connectivity index (χ1n) is 7.14. The van der Waals surface area contributed by atoms with Crippen LogP contribution >= 0.6 is 0 Å². The van der Waals surface area contributed by atoms with Gasteiger partial charge in [-0.05, 0) is 17.8 Å². The summed E-state index contributed by atoms with van der Waals surface area (Å²) >= 11 is 0. The summed E-state index contributed by atoms with van der Waals surface area (Å²) in [6.07, 6.45) is 7.82. The molecule has 1 aliphatic heterocycles. The third-order valence-electron chi connectivity index (χ3n) is 4.47. The van der Waals surface area contributed by atoms with Gasteiger partial charge in [0.2, 0.25) is 0 Å². The third kappa shape index (κ3) is 4.48. The van der Waals surface area contributed by atoms with Crippen LogP contribution in [0.5, 0.6) is 0 Å². The molecular formula is C15H25BF2N2. The fourth-order valence-corrected chi connectivity index (χ4v) is 2.92. The van der Waals surface area contributed by atoms with Gasteiger partial charge in [-0.25, -0.2) is 0 Å². The van der Waals surface area contributed by atoms with E-state index in [0.29, 0.717) is 18.0 Å². The largest absolute Gasteiger partial charge is 0.399 e. The zero-order chi connectivity index (χ0) is 15.3. The molecule has 2 N–H and O–H groups in total. The second kappa shape index (κ2) is 7.07. The van der Waals surface area contributed by atoms with E-state index in [4.69, 9.17) is 5.73 Å². The van der Waals surface area contributed by atoms with E-state index in [-0.39, 0.29) is 18.7 Å². The molecule has 1 fully saturated rings. The summed E-state index contributed by atoms with van der Waals surface area (Å²) in [6.45, 7) is 10.2. The van der Waals surface area contributed by atoms with Crippen molar-refractivity contribution in [1.29, 1.82) is 0 Å². The number of halogens is 2. The van der Waals surface area contributed by atoms with Gasteiger partial charge < -0.3 is 5.73 Å². The van der Waals surface area contributed by atoms with Crippen LogP contribution in [0, 0.1) is 11.3 Å². The molecule has 1 heterocycles. The highest BCUT2D eigenvalue weighted by molar-refractivity contribution is 6.68. The smallest absolute Gasteiger partial charge is 0.179 e. The Kier molecular flexibility index (Phi) is 5.99. The van der Waals surface area contributed by atoms with E-state index in [2.05, 4.69) is 27.4 Å². The topological polar surface area (TPSA) is 29.3 Å². The molecule has 0 aromatic carbocycles. The molecule has 20 heavy (non-hydrogen) atoms. The Bertz CT molecular complexity index is 403. The quantitative estimate of drug-likeness (QED) is 0.344. The second-order valence-electron chi connectivity index (χ2n) is 6.36. The monoisotopic (exact) mass is 282 g/mol. The lowest BCUT2D eigenvalue weighted by atomic mass is 9.41. The van der Waals surface area contributed by atoms with E-state index in [1.54, 1.807) is 12.2 Å². The highest BCUT2D eigenvalue weighted by atomic mass is 19.4. The molecule has 1 saturated heterocycles. The van der Waals surface area contributed by atoms with Gasteiger partial charge >= 0.3 is 0 Å². The van der Waals surface area contributed by atoms with Gasteiger partial charge in [-0.3, -0.25) is 0 Å². The lowest BCUT2D eigenvalue weighted by Gasteiger charge is -2.23. The molecule has 0 bridgehead atoms. The van der Waals surface area contributed by atoms with E-state index in [0.717, 1.165) is 18.1 Å².